The van der Waals surface area contributed by atoms with E-state index >= 15 is 0 Å². The van der Waals surface area contributed by atoms with Crippen LogP contribution < -0.4 is 11.1 Å². The topological polar surface area (TPSA) is 106 Å². The molecule has 4 aromatic rings. The molecule has 0 atom stereocenters. The predicted molar refractivity (Wildman–Crippen MR) is 110 cm³/mol. The first-order valence-corrected chi connectivity index (χ1v) is 9.28. The van der Waals surface area contributed by atoms with Gasteiger partial charge in [0.15, 0.2) is 11.5 Å². The van der Waals surface area contributed by atoms with Crippen LogP contribution in [-0.2, 0) is 6.54 Å². The quantitative estimate of drug-likeness (QED) is 0.453. The molecule has 2 heterocycles. The lowest BCUT2D eigenvalue weighted by Crippen LogP contribution is -2.23. The summed E-state index contributed by atoms with van der Waals surface area (Å²) in [4.78, 5) is 17.0. The van der Waals surface area contributed by atoms with Crippen molar-refractivity contribution in [3.8, 4) is 17.1 Å². The van der Waals surface area contributed by atoms with Crippen LogP contribution in [0.2, 0.25) is 0 Å². The predicted octanol–water partition coefficient (Wildman–Crippen LogP) is 3.38. The van der Waals surface area contributed by atoms with Gasteiger partial charge in [-0.05, 0) is 35.9 Å². The van der Waals surface area contributed by atoms with E-state index in [9.17, 15) is 9.90 Å². The molecule has 0 saturated heterocycles. The first-order valence-electron chi connectivity index (χ1n) is 8.49. The van der Waals surface area contributed by atoms with E-state index in [0.29, 0.717) is 29.1 Å². The molecule has 0 unspecified atom stereocenters. The number of fused-ring (bicyclic) bond motifs is 1. The van der Waals surface area contributed by atoms with Crippen LogP contribution in [0, 0.1) is 0 Å². The molecule has 0 aliphatic heterocycles. The van der Waals surface area contributed by atoms with Gasteiger partial charge in [0.05, 0.1) is 5.56 Å². The van der Waals surface area contributed by atoms with Crippen molar-refractivity contribution in [2.24, 2.45) is 0 Å². The fourth-order valence-electron chi connectivity index (χ4n) is 2.84. The van der Waals surface area contributed by atoms with Crippen LogP contribution in [-0.4, -0.2) is 25.6 Å². The minimum atomic E-state index is -0.267. The number of phenols is 1. The number of phenolic OH excluding ortho intramolecular Hbond substituents is 1. The Balaban J connectivity index is 1.62. The molecule has 0 saturated carbocycles. The number of benzene rings is 2. The van der Waals surface area contributed by atoms with Gasteiger partial charge < -0.3 is 16.2 Å². The second kappa shape index (κ2) is 7.32. The molecule has 0 aliphatic rings. The van der Waals surface area contributed by atoms with Gasteiger partial charge in [-0.2, -0.15) is 4.52 Å². The van der Waals surface area contributed by atoms with Crippen molar-refractivity contribution in [1.29, 1.82) is 0 Å². The number of amides is 1. The largest absolute Gasteiger partial charge is 0.507 e. The molecule has 7 nitrogen and oxygen atoms in total. The van der Waals surface area contributed by atoms with E-state index in [2.05, 4.69) is 31.3 Å². The number of hydrogen-bond donors (Lipinski definition) is 3. The van der Waals surface area contributed by atoms with Crippen molar-refractivity contribution in [3.63, 3.8) is 0 Å². The smallest absolute Gasteiger partial charge is 0.251 e. The highest BCUT2D eigenvalue weighted by molar-refractivity contribution is 9.10. The van der Waals surface area contributed by atoms with E-state index in [1.165, 1.54) is 4.52 Å². The number of nitrogen functional groups attached to an aromatic ring is 1. The van der Waals surface area contributed by atoms with Gasteiger partial charge in [-0.1, -0.05) is 46.3 Å². The average molecular weight is 438 g/mol. The van der Waals surface area contributed by atoms with Crippen molar-refractivity contribution in [3.05, 3.63) is 76.3 Å². The average Bonchev–Trinajstić information content (AvgIpc) is 3.12. The number of carbonyl (C=O) groups is 1. The Bertz CT molecular complexity index is 1190. The lowest BCUT2D eigenvalue weighted by Gasteiger charge is -2.08. The number of carbonyl (C=O) groups excluding carboxylic acids is 1. The number of para-hydroxylation sites is 1. The maximum absolute atomic E-state index is 12.6. The number of pyridine rings is 1. The zero-order valence-electron chi connectivity index (χ0n) is 14.6. The molecule has 140 valence electrons. The van der Waals surface area contributed by atoms with Crippen LogP contribution in [0.4, 0.5) is 5.82 Å². The van der Waals surface area contributed by atoms with Gasteiger partial charge in [0.25, 0.3) is 5.91 Å². The second-order valence-corrected chi connectivity index (χ2v) is 7.02. The first-order chi connectivity index (χ1) is 13.5. The minimum absolute atomic E-state index is 0.0726. The zero-order chi connectivity index (χ0) is 19.7. The molecule has 0 fully saturated rings. The van der Waals surface area contributed by atoms with Crippen molar-refractivity contribution in [2.75, 3.05) is 5.73 Å². The van der Waals surface area contributed by atoms with Crippen molar-refractivity contribution in [1.82, 2.24) is 19.9 Å². The monoisotopic (exact) mass is 437 g/mol. The van der Waals surface area contributed by atoms with Gasteiger partial charge in [0.1, 0.15) is 11.6 Å². The molecule has 28 heavy (non-hydrogen) atoms. The summed E-state index contributed by atoms with van der Waals surface area (Å²) in [6, 6.07) is 17.6. The SMILES string of the molecule is Nc1cc(C(=O)NCc2ccccc2Br)cc2nc(-c3ccccc3O)nn12. The highest BCUT2D eigenvalue weighted by Gasteiger charge is 2.15. The summed E-state index contributed by atoms with van der Waals surface area (Å²) in [6.45, 7) is 0.376. The number of nitrogens with zero attached hydrogens (tertiary/aromatic N) is 3. The molecule has 2 aromatic carbocycles. The van der Waals surface area contributed by atoms with E-state index in [4.69, 9.17) is 5.73 Å². The van der Waals surface area contributed by atoms with E-state index in [-0.39, 0.29) is 17.5 Å². The molecule has 2 aromatic heterocycles. The maximum Gasteiger partial charge on any atom is 0.251 e. The molecule has 4 N–H and O–H groups in total. The van der Waals surface area contributed by atoms with Gasteiger partial charge in [-0.25, -0.2) is 4.98 Å². The Morgan fingerprint density at radius 3 is 2.68 bits per heavy atom. The third kappa shape index (κ3) is 3.41. The molecule has 0 radical (unpaired) electrons. The summed E-state index contributed by atoms with van der Waals surface area (Å²) in [5.74, 6) is 0.411. The van der Waals surface area contributed by atoms with Gasteiger partial charge in [-0.3, -0.25) is 4.79 Å². The number of rotatable bonds is 4. The van der Waals surface area contributed by atoms with E-state index in [1.54, 1.807) is 36.4 Å². The lowest BCUT2D eigenvalue weighted by molar-refractivity contribution is 0.0951. The van der Waals surface area contributed by atoms with Gasteiger partial charge in [0.2, 0.25) is 0 Å². The standard InChI is InChI=1S/C20H16BrN5O2/c21-15-7-3-1-5-12(15)11-23-20(28)13-9-17(22)26-18(10-13)24-19(25-26)14-6-2-4-8-16(14)27/h1-10,27H,11,22H2,(H,23,28). The molecular formula is C20H16BrN5O2. The van der Waals surface area contributed by atoms with Crippen LogP contribution in [0.5, 0.6) is 5.75 Å². The third-order valence-corrected chi connectivity index (χ3v) is 5.04. The molecule has 8 heteroatoms. The number of nitrogens with one attached hydrogen (secondary N) is 1. The fraction of sp³-hybridized carbons (Fsp3) is 0.0500. The van der Waals surface area contributed by atoms with Crippen LogP contribution in [0.3, 0.4) is 0 Å². The number of aromatic hydroxyl groups is 1. The Labute approximate surface area is 169 Å². The summed E-state index contributed by atoms with van der Waals surface area (Å²) in [6.07, 6.45) is 0. The van der Waals surface area contributed by atoms with Crippen LogP contribution in [0.1, 0.15) is 15.9 Å². The Kier molecular flexibility index (Phi) is 4.70. The first kappa shape index (κ1) is 18.0. The van der Waals surface area contributed by atoms with Crippen LogP contribution in [0.15, 0.2) is 65.1 Å². The molecule has 1 amide bonds. The molecule has 4 rings (SSSR count). The number of aromatic nitrogens is 3. The fourth-order valence-corrected chi connectivity index (χ4v) is 3.26. The summed E-state index contributed by atoms with van der Waals surface area (Å²) >= 11 is 3.46. The highest BCUT2D eigenvalue weighted by atomic mass is 79.9. The Morgan fingerprint density at radius 1 is 1.14 bits per heavy atom. The van der Waals surface area contributed by atoms with Crippen molar-refractivity contribution < 1.29 is 9.90 Å². The van der Waals surface area contributed by atoms with E-state index in [1.807, 2.05) is 24.3 Å². The normalized spacial score (nSPS) is 10.9. The molecule has 0 aliphatic carbocycles. The lowest BCUT2D eigenvalue weighted by atomic mass is 10.2. The number of anilines is 1. The summed E-state index contributed by atoms with van der Waals surface area (Å²) in [5.41, 5.74) is 8.33. The maximum atomic E-state index is 12.6. The molecule has 0 bridgehead atoms. The third-order valence-electron chi connectivity index (χ3n) is 4.27. The number of hydrogen-bond acceptors (Lipinski definition) is 5. The number of nitrogens with two attached hydrogens (primary N) is 1. The van der Waals surface area contributed by atoms with E-state index in [0.717, 1.165) is 10.0 Å². The minimum Gasteiger partial charge on any atom is -0.507 e. The Morgan fingerprint density at radius 2 is 1.89 bits per heavy atom. The molecular weight excluding hydrogens is 422 g/mol. The van der Waals surface area contributed by atoms with Crippen LogP contribution >= 0.6 is 15.9 Å². The van der Waals surface area contributed by atoms with Crippen LogP contribution in [0.25, 0.3) is 17.0 Å². The van der Waals surface area contributed by atoms with Gasteiger partial charge in [0, 0.05) is 16.6 Å². The van der Waals surface area contributed by atoms with E-state index < -0.39 is 0 Å². The second-order valence-electron chi connectivity index (χ2n) is 6.17. The van der Waals surface area contributed by atoms with Crippen molar-refractivity contribution in [2.45, 2.75) is 6.54 Å². The summed E-state index contributed by atoms with van der Waals surface area (Å²) in [5, 5.41) is 17.2. The van der Waals surface area contributed by atoms with Gasteiger partial charge >= 0.3 is 0 Å². The highest BCUT2D eigenvalue weighted by Crippen LogP contribution is 2.27. The summed E-state index contributed by atoms with van der Waals surface area (Å²) in [7, 11) is 0. The number of halogens is 1. The van der Waals surface area contributed by atoms with Gasteiger partial charge in [-0.15, -0.1) is 5.10 Å². The molecule has 0 spiro atoms. The zero-order valence-corrected chi connectivity index (χ0v) is 16.2. The summed E-state index contributed by atoms with van der Waals surface area (Å²) < 4.78 is 2.36. The Hall–Kier alpha value is -3.39. The van der Waals surface area contributed by atoms with Crippen molar-refractivity contribution >= 4 is 33.3 Å².